The van der Waals surface area contributed by atoms with E-state index in [1.807, 2.05) is 0 Å². The fraction of sp³-hybridized carbons (Fsp3) is 0.800. The van der Waals surface area contributed by atoms with Crippen molar-refractivity contribution < 1.29 is 20.1 Å². The van der Waals surface area contributed by atoms with Crippen LogP contribution < -0.4 is 0 Å². The van der Waals surface area contributed by atoms with Gasteiger partial charge in [0.15, 0.2) is 0 Å². The molecule has 0 bridgehead atoms. The number of hydrogen-bond donors (Lipinski definition) is 4. The summed E-state index contributed by atoms with van der Waals surface area (Å²) in [5.74, 6) is -0.745. The van der Waals surface area contributed by atoms with Gasteiger partial charge in [0.05, 0.1) is 6.61 Å². The molecule has 5 heteroatoms. The van der Waals surface area contributed by atoms with Crippen LogP contribution in [0.5, 0.6) is 0 Å². The molecule has 1 atom stereocenters. The third-order valence-electron chi connectivity index (χ3n) is 0.466. The van der Waals surface area contributed by atoms with Gasteiger partial charge in [-0.25, -0.2) is 0 Å². The number of carboxylic acid groups (broad SMARTS) is 1. The molecule has 0 aromatic heterocycles. The third-order valence-corrected chi connectivity index (χ3v) is 0.629. The Labute approximate surface area is 64.9 Å². The van der Waals surface area contributed by atoms with Gasteiger partial charge in [-0.1, -0.05) is 6.92 Å². The number of aliphatic hydroxyl groups excluding tert-OH is 2. The van der Waals surface area contributed by atoms with Crippen LogP contribution in [0.3, 0.4) is 0 Å². The fourth-order valence-electron chi connectivity index (χ4n) is 0. The van der Waals surface area contributed by atoms with Gasteiger partial charge in [0.2, 0.25) is 0 Å². The summed E-state index contributed by atoms with van der Waals surface area (Å²) < 4.78 is 0. The smallest absolute Gasteiger partial charge is 0.303 e. The molecule has 10 heavy (non-hydrogen) atoms. The van der Waals surface area contributed by atoms with Crippen molar-refractivity contribution >= 4 is 18.6 Å². The van der Waals surface area contributed by atoms with Crippen LogP contribution in [0.15, 0.2) is 0 Å². The Morgan fingerprint density at radius 1 is 1.70 bits per heavy atom. The highest BCUT2D eigenvalue weighted by molar-refractivity contribution is 7.80. The zero-order valence-electron chi connectivity index (χ0n) is 5.69. The Morgan fingerprint density at radius 3 is 1.90 bits per heavy atom. The lowest BCUT2D eigenvalue weighted by atomic mass is 10.5. The number of aliphatic hydroxyl groups is 2. The summed E-state index contributed by atoms with van der Waals surface area (Å²) in [7, 11) is 0. The van der Waals surface area contributed by atoms with Gasteiger partial charge in [0.1, 0.15) is 5.44 Å². The predicted octanol–water partition coefficient (Wildman–Crippen LogP) is -0.292. The van der Waals surface area contributed by atoms with Crippen molar-refractivity contribution in [3.8, 4) is 0 Å². The number of rotatable bonds is 2. The minimum atomic E-state index is -0.866. The van der Waals surface area contributed by atoms with Crippen LogP contribution in [-0.4, -0.2) is 33.3 Å². The van der Waals surface area contributed by atoms with Crippen LogP contribution in [0.2, 0.25) is 0 Å². The highest BCUT2D eigenvalue weighted by Gasteiger charge is 1.84. The number of carbonyl (C=O) groups is 1. The van der Waals surface area contributed by atoms with Gasteiger partial charge >= 0.3 is 5.97 Å². The number of carboxylic acids is 1. The van der Waals surface area contributed by atoms with Crippen LogP contribution in [0.25, 0.3) is 0 Å². The molecule has 0 aromatic carbocycles. The maximum Gasteiger partial charge on any atom is 0.303 e. The van der Waals surface area contributed by atoms with Crippen molar-refractivity contribution in [2.24, 2.45) is 0 Å². The lowest BCUT2D eigenvalue weighted by Crippen LogP contribution is -2.00. The lowest BCUT2D eigenvalue weighted by molar-refractivity contribution is -0.136. The summed E-state index contributed by atoms with van der Waals surface area (Å²) in [4.78, 5) is 9.37. The van der Waals surface area contributed by atoms with E-state index < -0.39 is 11.4 Å². The van der Waals surface area contributed by atoms with Crippen molar-refractivity contribution in [3.05, 3.63) is 0 Å². The Morgan fingerprint density at radius 2 is 1.90 bits per heavy atom. The maximum atomic E-state index is 9.37. The van der Waals surface area contributed by atoms with Gasteiger partial charge in [-0.05, 0) is 0 Å². The molecule has 0 fully saturated rings. The Bertz CT molecular complexity index is 83.7. The van der Waals surface area contributed by atoms with E-state index in [1.54, 1.807) is 6.92 Å². The molecular formula is C5H12O4S. The zero-order chi connectivity index (χ0) is 8.57. The van der Waals surface area contributed by atoms with Crippen LogP contribution in [0.4, 0.5) is 0 Å². The van der Waals surface area contributed by atoms with E-state index in [-0.39, 0.29) is 13.0 Å². The molecule has 0 amide bonds. The molecule has 0 saturated carbocycles. The Balaban J connectivity index is 0. The number of thiol groups is 1. The van der Waals surface area contributed by atoms with E-state index in [0.29, 0.717) is 0 Å². The summed E-state index contributed by atoms with van der Waals surface area (Å²) in [6, 6.07) is 0. The maximum absolute atomic E-state index is 9.37. The predicted molar refractivity (Wildman–Crippen MR) is 40.0 cm³/mol. The van der Waals surface area contributed by atoms with Gasteiger partial charge in [0, 0.05) is 6.42 Å². The van der Waals surface area contributed by atoms with Gasteiger partial charge in [-0.3, -0.25) is 4.79 Å². The first kappa shape index (κ1) is 12.4. The molecule has 0 heterocycles. The molecule has 0 aliphatic rings. The van der Waals surface area contributed by atoms with Gasteiger partial charge in [-0.2, -0.15) is 0 Å². The first-order chi connectivity index (χ1) is 4.54. The molecule has 0 radical (unpaired) electrons. The van der Waals surface area contributed by atoms with Crippen molar-refractivity contribution in [2.45, 2.75) is 18.8 Å². The van der Waals surface area contributed by atoms with Crippen molar-refractivity contribution in [2.75, 3.05) is 6.61 Å². The van der Waals surface area contributed by atoms with E-state index in [2.05, 4.69) is 12.6 Å². The lowest BCUT2D eigenvalue weighted by Gasteiger charge is -1.89. The normalized spacial score (nSPS) is 11.2. The molecule has 62 valence electrons. The highest BCUT2D eigenvalue weighted by Crippen LogP contribution is 1.80. The molecule has 0 aromatic rings. The number of hydrogen-bond acceptors (Lipinski definition) is 4. The highest BCUT2D eigenvalue weighted by atomic mass is 32.1. The van der Waals surface area contributed by atoms with Gasteiger partial charge in [0.25, 0.3) is 0 Å². The largest absolute Gasteiger partial charge is 0.481 e. The minimum absolute atomic E-state index is 0.222. The number of aliphatic carboxylic acids is 1. The van der Waals surface area contributed by atoms with E-state index in [1.165, 1.54) is 0 Å². The minimum Gasteiger partial charge on any atom is -0.481 e. The van der Waals surface area contributed by atoms with Crippen molar-refractivity contribution in [1.82, 2.24) is 0 Å². The van der Waals surface area contributed by atoms with Gasteiger partial charge in [-0.15, -0.1) is 12.6 Å². The third kappa shape index (κ3) is 25.1. The molecule has 0 aliphatic carbocycles. The standard InChI is InChI=1S/C3H6O2.C2H6O2S/c1-2-3(4)5;3-1-2(4)5/h2H2,1H3,(H,4,5);2-5H,1H2. The average molecular weight is 168 g/mol. The molecule has 0 saturated heterocycles. The second-order valence-corrected chi connectivity index (χ2v) is 2.01. The summed E-state index contributed by atoms with van der Waals surface area (Å²) in [6.45, 7) is 1.32. The fourth-order valence-corrected chi connectivity index (χ4v) is 0. The Hall–Kier alpha value is -0.260. The molecule has 0 spiro atoms. The molecule has 4 nitrogen and oxygen atoms in total. The van der Waals surface area contributed by atoms with Crippen molar-refractivity contribution in [3.63, 3.8) is 0 Å². The Kier molecular flexibility index (Phi) is 10.9. The summed E-state index contributed by atoms with van der Waals surface area (Å²) in [6.07, 6.45) is 0.222. The van der Waals surface area contributed by atoms with Gasteiger partial charge < -0.3 is 15.3 Å². The van der Waals surface area contributed by atoms with E-state index in [9.17, 15) is 4.79 Å². The van der Waals surface area contributed by atoms with E-state index in [4.69, 9.17) is 15.3 Å². The topological polar surface area (TPSA) is 77.8 Å². The van der Waals surface area contributed by atoms with Crippen LogP contribution in [0, 0.1) is 0 Å². The first-order valence-electron chi connectivity index (χ1n) is 2.73. The van der Waals surface area contributed by atoms with Crippen molar-refractivity contribution in [1.29, 1.82) is 0 Å². The zero-order valence-corrected chi connectivity index (χ0v) is 6.58. The van der Waals surface area contributed by atoms with E-state index >= 15 is 0 Å². The summed E-state index contributed by atoms with van der Waals surface area (Å²) in [5, 5.41) is 23.5. The van der Waals surface area contributed by atoms with Crippen LogP contribution >= 0.6 is 12.6 Å². The average Bonchev–Trinajstić information content (AvgIpc) is 1.89. The molecule has 1 unspecified atom stereocenters. The second kappa shape index (κ2) is 8.74. The van der Waals surface area contributed by atoms with Crippen LogP contribution in [0.1, 0.15) is 13.3 Å². The monoisotopic (exact) mass is 168 g/mol. The summed E-state index contributed by atoms with van der Waals surface area (Å²) in [5.41, 5.74) is -0.866. The van der Waals surface area contributed by atoms with Crippen LogP contribution in [-0.2, 0) is 4.79 Å². The molecule has 0 aliphatic heterocycles. The second-order valence-electron chi connectivity index (χ2n) is 1.41. The first-order valence-corrected chi connectivity index (χ1v) is 3.25. The molecule has 3 N–H and O–H groups in total. The SMILES string of the molecule is CCC(=O)O.OCC(O)S. The molecule has 0 rings (SSSR count). The van der Waals surface area contributed by atoms with E-state index in [0.717, 1.165) is 0 Å². The summed E-state index contributed by atoms with van der Waals surface area (Å²) >= 11 is 3.40. The molecular weight excluding hydrogens is 156 g/mol. The quantitative estimate of drug-likeness (QED) is 0.337.